The summed E-state index contributed by atoms with van der Waals surface area (Å²) >= 11 is 0. The summed E-state index contributed by atoms with van der Waals surface area (Å²) in [4.78, 5) is 39.1. The van der Waals surface area contributed by atoms with Crippen molar-refractivity contribution in [3.63, 3.8) is 0 Å². The number of methoxy groups -OCH3 is 1. The molecule has 0 heterocycles. The SMILES string of the molecule is COC(=O)[C@@H](CCCCNC(=O)C12CC3CC(CC(C3)C1)C2)NC(=O)C12CC3CC(CC(C3)C1)C2. The zero-order chi connectivity index (χ0) is 24.2. The first-order valence-electron chi connectivity index (χ1n) is 14.5. The first kappa shape index (κ1) is 23.8. The Morgan fingerprint density at radius 3 is 1.57 bits per heavy atom. The predicted octanol–water partition coefficient (Wildman–Crippen LogP) is 4.36. The number of amides is 2. The molecule has 0 radical (unpaired) electrons. The van der Waals surface area contributed by atoms with Crippen molar-refractivity contribution in [3.8, 4) is 0 Å². The summed E-state index contributed by atoms with van der Waals surface area (Å²) in [7, 11) is 1.40. The summed E-state index contributed by atoms with van der Waals surface area (Å²) in [5, 5.41) is 6.36. The summed E-state index contributed by atoms with van der Waals surface area (Å²) in [5.74, 6) is 4.41. The molecule has 8 bridgehead atoms. The molecular formula is C29H44N2O4. The quantitative estimate of drug-likeness (QED) is 0.376. The van der Waals surface area contributed by atoms with Crippen molar-refractivity contribution >= 4 is 17.8 Å². The van der Waals surface area contributed by atoms with Gasteiger partial charge in [-0.2, -0.15) is 0 Å². The van der Waals surface area contributed by atoms with Crippen LogP contribution in [-0.4, -0.2) is 37.5 Å². The van der Waals surface area contributed by atoms with E-state index in [4.69, 9.17) is 4.74 Å². The fourth-order valence-electron chi connectivity index (χ4n) is 10.3. The van der Waals surface area contributed by atoms with Gasteiger partial charge in [0.2, 0.25) is 11.8 Å². The van der Waals surface area contributed by atoms with E-state index in [1.54, 1.807) is 0 Å². The van der Waals surface area contributed by atoms with Crippen LogP contribution in [-0.2, 0) is 19.1 Å². The Labute approximate surface area is 210 Å². The van der Waals surface area contributed by atoms with Crippen LogP contribution in [0.25, 0.3) is 0 Å². The second kappa shape index (κ2) is 9.06. The van der Waals surface area contributed by atoms with Crippen molar-refractivity contribution < 1.29 is 19.1 Å². The first-order chi connectivity index (χ1) is 16.9. The van der Waals surface area contributed by atoms with Gasteiger partial charge in [-0.3, -0.25) is 9.59 Å². The van der Waals surface area contributed by atoms with Crippen LogP contribution in [0.4, 0.5) is 0 Å². The maximum absolute atomic E-state index is 13.4. The van der Waals surface area contributed by atoms with Crippen molar-refractivity contribution in [1.82, 2.24) is 10.6 Å². The van der Waals surface area contributed by atoms with Gasteiger partial charge in [0, 0.05) is 17.4 Å². The standard InChI is InChI=1S/C29H44N2O4/c1-35-25(32)24(31-27(34)29-15-21-9-22(16-29)11-23(10-21)17-29)4-2-3-5-30-26(33)28-12-18-6-19(13-28)8-20(7-18)14-28/h18-24H,2-17H2,1H3,(H,30,33)(H,31,34)/t18?,19?,20?,21?,22?,23?,24-,28?,29?/m1/s1. The highest BCUT2D eigenvalue weighted by Gasteiger charge is 2.56. The summed E-state index contributed by atoms with van der Waals surface area (Å²) in [6, 6.07) is -0.584. The Morgan fingerprint density at radius 1 is 0.714 bits per heavy atom. The van der Waals surface area contributed by atoms with Gasteiger partial charge < -0.3 is 15.4 Å². The van der Waals surface area contributed by atoms with Gasteiger partial charge in [-0.15, -0.1) is 0 Å². The molecule has 0 aromatic carbocycles. The number of ether oxygens (including phenoxy) is 1. The molecule has 2 N–H and O–H groups in total. The van der Waals surface area contributed by atoms with E-state index >= 15 is 0 Å². The van der Waals surface area contributed by atoms with Gasteiger partial charge in [-0.05, 0) is 132 Å². The van der Waals surface area contributed by atoms with Crippen LogP contribution in [0.1, 0.15) is 96.3 Å². The van der Waals surface area contributed by atoms with Crippen molar-refractivity contribution in [1.29, 1.82) is 0 Å². The molecule has 8 saturated carbocycles. The van der Waals surface area contributed by atoms with Crippen LogP contribution in [0.2, 0.25) is 0 Å². The van der Waals surface area contributed by atoms with E-state index in [0.717, 1.165) is 69.1 Å². The minimum absolute atomic E-state index is 0.0853. The molecule has 0 aromatic heterocycles. The lowest BCUT2D eigenvalue weighted by Crippen LogP contribution is -2.56. The van der Waals surface area contributed by atoms with Crippen molar-refractivity contribution in [3.05, 3.63) is 0 Å². The largest absolute Gasteiger partial charge is 0.467 e. The number of carbonyl (C=O) groups excluding carboxylic acids is 3. The molecule has 2 amide bonds. The number of nitrogens with one attached hydrogen (secondary N) is 2. The molecule has 194 valence electrons. The van der Waals surface area contributed by atoms with Gasteiger partial charge >= 0.3 is 5.97 Å². The number of esters is 1. The molecule has 8 aliphatic rings. The zero-order valence-electron chi connectivity index (χ0n) is 21.5. The van der Waals surface area contributed by atoms with Crippen molar-refractivity contribution in [2.45, 2.75) is 102 Å². The number of hydrogen-bond acceptors (Lipinski definition) is 4. The normalized spacial score (nSPS) is 43.1. The lowest BCUT2D eigenvalue weighted by Gasteiger charge is -2.55. The second-order valence-corrected chi connectivity index (χ2v) is 13.7. The van der Waals surface area contributed by atoms with Gasteiger partial charge in [-0.25, -0.2) is 4.79 Å². The van der Waals surface area contributed by atoms with E-state index in [1.807, 2.05) is 0 Å². The Morgan fingerprint density at radius 2 is 1.14 bits per heavy atom. The highest BCUT2D eigenvalue weighted by Crippen LogP contribution is 2.61. The molecule has 35 heavy (non-hydrogen) atoms. The molecule has 8 fully saturated rings. The lowest BCUT2D eigenvalue weighted by molar-refractivity contribution is -0.153. The van der Waals surface area contributed by atoms with Crippen molar-refractivity contribution in [2.75, 3.05) is 13.7 Å². The van der Waals surface area contributed by atoms with Gasteiger partial charge in [0.1, 0.15) is 6.04 Å². The molecule has 0 aromatic rings. The summed E-state index contributed by atoms with van der Waals surface area (Å²) in [6.07, 6.45) is 16.3. The summed E-state index contributed by atoms with van der Waals surface area (Å²) < 4.78 is 5.04. The number of rotatable bonds is 9. The molecule has 1 atom stereocenters. The monoisotopic (exact) mass is 484 g/mol. The molecule has 6 heteroatoms. The average molecular weight is 485 g/mol. The van der Waals surface area contributed by atoms with E-state index in [-0.39, 0.29) is 28.6 Å². The maximum Gasteiger partial charge on any atom is 0.328 e. The number of carbonyl (C=O) groups is 3. The molecule has 0 spiro atoms. The van der Waals surface area contributed by atoms with E-state index in [9.17, 15) is 14.4 Å². The van der Waals surface area contributed by atoms with E-state index in [2.05, 4.69) is 10.6 Å². The highest BCUT2D eigenvalue weighted by atomic mass is 16.5. The smallest absolute Gasteiger partial charge is 0.328 e. The molecule has 8 aliphatic carbocycles. The fraction of sp³-hybridized carbons (Fsp3) is 0.897. The van der Waals surface area contributed by atoms with E-state index in [1.165, 1.54) is 45.6 Å². The summed E-state index contributed by atoms with van der Waals surface area (Å²) in [6.45, 7) is 0.650. The molecule has 0 saturated heterocycles. The van der Waals surface area contributed by atoms with Crippen LogP contribution in [0.15, 0.2) is 0 Å². The third-order valence-corrected chi connectivity index (χ3v) is 11.0. The van der Waals surface area contributed by atoms with Crippen LogP contribution in [0.3, 0.4) is 0 Å². The number of hydrogen-bond donors (Lipinski definition) is 2. The van der Waals surface area contributed by atoms with E-state index in [0.29, 0.717) is 30.7 Å². The molecule has 6 nitrogen and oxygen atoms in total. The number of unbranched alkanes of at least 4 members (excludes halogenated alkanes) is 1. The lowest BCUT2D eigenvalue weighted by atomic mass is 9.49. The molecule has 8 rings (SSSR count). The van der Waals surface area contributed by atoms with Crippen molar-refractivity contribution in [2.24, 2.45) is 46.3 Å². The molecule has 0 aliphatic heterocycles. The highest BCUT2D eigenvalue weighted by molar-refractivity contribution is 5.88. The van der Waals surface area contributed by atoms with E-state index < -0.39 is 6.04 Å². The topological polar surface area (TPSA) is 84.5 Å². The van der Waals surface area contributed by atoms with Gasteiger partial charge in [-0.1, -0.05) is 0 Å². The predicted molar refractivity (Wildman–Crippen MR) is 132 cm³/mol. The molecule has 0 unspecified atom stereocenters. The summed E-state index contributed by atoms with van der Waals surface area (Å²) in [5.41, 5.74) is -0.359. The van der Waals surface area contributed by atoms with Gasteiger partial charge in [0.25, 0.3) is 0 Å². The molecular weight excluding hydrogens is 440 g/mol. The Kier molecular flexibility index (Phi) is 6.16. The second-order valence-electron chi connectivity index (χ2n) is 13.7. The Bertz CT molecular complexity index is 796. The zero-order valence-corrected chi connectivity index (χ0v) is 21.5. The maximum atomic E-state index is 13.4. The minimum atomic E-state index is -0.584. The third kappa shape index (κ3) is 4.41. The van der Waals surface area contributed by atoms with Crippen LogP contribution >= 0.6 is 0 Å². The average Bonchev–Trinajstić information content (AvgIpc) is 2.80. The Hall–Kier alpha value is -1.59. The first-order valence-corrected chi connectivity index (χ1v) is 14.5. The van der Waals surface area contributed by atoms with Gasteiger partial charge in [0.05, 0.1) is 7.11 Å². The van der Waals surface area contributed by atoms with Crippen LogP contribution in [0.5, 0.6) is 0 Å². The Balaban J connectivity index is 0.981. The van der Waals surface area contributed by atoms with Crippen LogP contribution < -0.4 is 10.6 Å². The van der Waals surface area contributed by atoms with Gasteiger partial charge in [0.15, 0.2) is 0 Å². The van der Waals surface area contributed by atoms with Crippen LogP contribution in [0, 0.1) is 46.3 Å². The minimum Gasteiger partial charge on any atom is -0.467 e. The fourth-order valence-corrected chi connectivity index (χ4v) is 10.3. The third-order valence-electron chi connectivity index (χ3n) is 11.0.